The minimum Gasteiger partial charge on any atom is -0.494 e. The number of carbonyl (C=O) groups excluding carboxylic acids is 1. The Labute approximate surface area is 76.5 Å². The van der Waals surface area contributed by atoms with E-state index in [0.717, 1.165) is 0 Å². The van der Waals surface area contributed by atoms with Crippen molar-refractivity contribution in [3.8, 4) is 5.75 Å². The molecular weight excluding hydrogens is 168 g/mol. The Hall–Kier alpha value is -1.71. The number of Topliss-reactive ketones (excluding diaryl/α,β-unsaturated/α-hetero) is 1. The Kier molecular flexibility index (Phi) is 2.41. The number of ether oxygens (including phenoxy) is 1. The molecule has 0 atom stereocenters. The van der Waals surface area contributed by atoms with Gasteiger partial charge >= 0.3 is 0 Å². The van der Waals surface area contributed by atoms with E-state index in [9.17, 15) is 4.79 Å². The molecule has 1 rings (SSSR count). The normalized spacial score (nSPS) is 9.69. The zero-order chi connectivity index (χ0) is 10.0. The zero-order valence-electron chi connectivity index (χ0n) is 7.63. The fraction of sp³-hybridized carbons (Fsp3) is 0.222. The van der Waals surface area contributed by atoms with E-state index in [1.807, 2.05) is 0 Å². The van der Waals surface area contributed by atoms with Crippen LogP contribution in [0.4, 0.5) is 11.4 Å². The van der Waals surface area contributed by atoms with Crippen LogP contribution in [0.25, 0.3) is 0 Å². The zero-order valence-corrected chi connectivity index (χ0v) is 7.63. The molecule has 4 nitrogen and oxygen atoms in total. The number of hydrogen-bond acceptors (Lipinski definition) is 4. The third kappa shape index (κ3) is 1.56. The fourth-order valence-corrected chi connectivity index (χ4v) is 1.20. The number of hydrogen-bond donors (Lipinski definition) is 2. The number of nitrogens with two attached hydrogens (primary N) is 2. The van der Waals surface area contributed by atoms with Crippen LogP contribution in [0.3, 0.4) is 0 Å². The largest absolute Gasteiger partial charge is 0.494 e. The van der Waals surface area contributed by atoms with Gasteiger partial charge in [0.25, 0.3) is 0 Å². The summed E-state index contributed by atoms with van der Waals surface area (Å²) in [5, 5.41) is 0. The van der Waals surface area contributed by atoms with E-state index in [0.29, 0.717) is 22.7 Å². The van der Waals surface area contributed by atoms with Crippen LogP contribution in [0, 0.1) is 0 Å². The molecular formula is C9H12N2O2. The highest BCUT2D eigenvalue weighted by molar-refractivity contribution is 6.03. The molecule has 0 aromatic heterocycles. The monoisotopic (exact) mass is 180 g/mol. The van der Waals surface area contributed by atoms with Gasteiger partial charge in [0.05, 0.1) is 18.4 Å². The highest BCUT2D eigenvalue weighted by Gasteiger charge is 2.14. The van der Waals surface area contributed by atoms with Crippen molar-refractivity contribution in [2.45, 2.75) is 6.92 Å². The van der Waals surface area contributed by atoms with Crippen molar-refractivity contribution in [1.82, 2.24) is 0 Å². The van der Waals surface area contributed by atoms with Crippen molar-refractivity contribution < 1.29 is 9.53 Å². The van der Waals surface area contributed by atoms with Gasteiger partial charge in [-0.3, -0.25) is 4.79 Å². The Morgan fingerprint density at radius 1 is 1.31 bits per heavy atom. The van der Waals surface area contributed by atoms with Crippen LogP contribution < -0.4 is 16.2 Å². The second-order valence-corrected chi connectivity index (χ2v) is 2.71. The average Bonchev–Trinajstić information content (AvgIpc) is 2.07. The van der Waals surface area contributed by atoms with E-state index in [-0.39, 0.29) is 5.78 Å². The maximum Gasteiger partial charge on any atom is 0.165 e. The number of benzene rings is 1. The number of nitrogen functional groups attached to an aromatic ring is 2. The van der Waals surface area contributed by atoms with E-state index >= 15 is 0 Å². The van der Waals surface area contributed by atoms with Gasteiger partial charge in [-0.15, -0.1) is 0 Å². The number of ketones is 1. The first-order valence-corrected chi connectivity index (χ1v) is 3.80. The van der Waals surface area contributed by atoms with Crippen LogP contribution in [-0.2, 0) is 0 Å². The Bertz CT molecular complexity index is 348. The predicted octanol–water partition coefficient (Wildman–Crippen LogP) is 1.06. The Morgan fingerprint density at radius 3 is 2.23 bits per heavy atom. The lowest BCUT2D eigenvalue weighted by Gasteiger charge is -2.10. The predicted molar refractivity (Wildman–Crippen MR) is 51.8 cm³/mol. The first kappa shape index (κ1) is 9.38. The van der Waals surface area contributed by atoms with Gasteiger partial charge in [0, 0.05) is 5.69 Å². The molecule has 0 fully saturated rings. The van der Waals surface area contributed by atoms with Crippen molar-refractivity contribution in [3.63, 3.8) is 0 Å². The molecule has 0 aliphatic carbocycles. The van der Waals surface area contributed by atoms with Crippen LogP contribution in [0.5, 0.6) is 5.75 Å². The number of carbonyl (C=O) groups is 1. The maximum absolute atomic E-state index is 11.2. The van der Waals surface area contributed by atoms with Gasteiger partial charge in [-0.05, 0) is 19.1 Å². The molecule has 0 bridgehead atoms. The molecule has 0 amide bonds. The van der Waals surface area contributed by atoms with E-state index in [2.05, 4.69) is 0 Å². The second kappa shape index (κ2) is 3.35. The van der Waals surface area contributed by atoms with Crippen molar-refractivity contribution in [2.24, 2.45) is 0 Å². The minimum absolute atomic E-state index is 0.151. The molecule has 4 N–H and O–H groups in total. The standard InChI is InChI=1S/C9H12N2O2/c1-5(12)8-6(10)3-4-7(11)9(8)13-2/h3-4H,10-11H2,1-2H3. The van der Waals surface area contributed by atoms with Gasteiger partial charge in [0.2, 0.25) is 0 Å². The van der Waals surface area contributed by atoms with Crippen molar-refractivity contribution in [3.05, 3.63) is 17.7 Å². The molecule has 4 heteroatoms. The average molecular weight is 180 g/mol. The number of methoxy groups -OCH3 is 1. The highest BCUT2D eigenvalue weighted by Crippen LogP contribution is 2.30. The molecule has 0 spiro atoms. The van der Waals surface area contributed by atoms with Gasteiger partial charge in [-0.1, -0.05) is 0 Å². The summed E-state index contributed by atoms with van der Waals surface area (Å²) < 4.78 is 4.99. The molecule has 1 aromatic rings. The van der Waals surface area contributed by atoms with Crippen molar-refractivity contribution >= 4 is 17.2 Å². The van der Waals surface area contributed by atoms with Gasteiger partial charge in [-0.25, -0.2) is 0 Å². The third-order valence-electron chi connectivity index (χ3n) is 1.78. The van der Waals surface area contributed by atoms with Crippen molar-refractivity contribution in [1.29, 1.82) is 0 Å². The minimum atomic E-state index is -0.151. The topological polar surface area (TPSA) is 78.3 Å². The van der Waals surface area contributed by atoms with Crippen LogP contribution >= 0.6 is 0 Å². The molecule has 0 radical (unpaired) electrons. The summed E-state index contributed by atoms with van der Waals surface area (Å²) in [7, 11) is 1.46. The lowest BCUT2D eigenvalue weighted by molar-refractivity contribution is 0.101. The Morgan fingerprint density at radius 2 is 1.85 bits per heavy atom. The quantitative estimate of drug-likeness (QED) is 0.527. The van der Waals surface area contributed by atoms with E-state index < -0.39 is 0 Å². The van der Waals surface area contributed by atoms with Gasteiger partial charge < -0.3 is 16.2 Å². The molecule has 0 saturated heterocycles. The molecule has 0 saturated carbocycles. The summed E-state index contributed by atoms with van der Waals surface area (Å²) in [5.41, 5.74) is 12.4. The van der Waals surface area contributed by atoms with Gasteiger partial charge in [-0.2, -0.15) is 0 Å². The van der Waals surface area contributed by atoms with Gasteiger partial charge in [0.1, 0.15) is 0 Å². The van der Waals surface area contributed by atoms with E-state index in [1.165, 1.54) is 14.0 Å². The SMILES string of the molecule is COc1c(N)ccc(N)c1C(C)=O. The van der Waals surface area contributed by atoms with Crippen LogP contribution in [0.2, 0.25) is 0 Å². The summed E-state index contributed by atoms with van der Waals surface area (Å²) in [6, 6.07) is 3.20. The van der Waals surface area contributed by atoms with Gasteiger partial charge in [0.15, 0.2) is 11.5 Å². The van der Waals surface area contributed by atoms with E-state index in [4.69, 9.17) is 16.2 Å². The molecule has 0 unspecified atom stereocenters. The third-order valence-corrected chi connectivity index (χ3v) is 1.78. The fourth-order valence-electron chi connectivity index (χ4n) is 1.20. The number of rotatable bonds is 2. The summed E-state index contributed by atoms with van der Waals surface area (Å²) in [6.07, 6.45) is 0. The Balaban J connectivity index is 3.43. The molecule has 70 valence electrons. The summed E-state index contributed by atoms with van der Waals surface area (Å²) in [5.74, 6) is 0.203. The van der Waals surface area contributed by atoms with E-state index in [1.54, 1.807) is 12.1 Å². The summed E-state index contributed by atoms with van der Waals surface area (Å²) >= 11 is 0. The molecule has 0 aliphatic rings. The second-order valence-electron chi connectivity index (χ2n) is 2.71. The van der Waals surface area contributed by atoms with Crippen LogP contribution in [0.1, 0.15) is 17.3 Å². The molecule has 1 aromatic carbocycles. The van der Waals surface area contributed by atoms with Crippen LogP contribution in [0.15, 0.2) is 12.1 Å². The number of anilines is 2. The lowest BCUT2D eigenvalue weighted by atomic mass is 10.1. The molecule has 0 heterocycles. The van der Waals surface area contributed by atoms with Crippen LogP contribution in [-0.4, -0.2) is 12.9 Å². The molecule has 13 heavy (non-hydrogen) atoms. The highest BCUT2D eigenvalue weighted by atomic mass is 16.5. The first-order valence-electron chi connectivity index (χ1n) is 3.80. The summed E-state index contributed by atoms with van der Waals surface area (Å²) in [6.45, 7) is 1.42. The maximum atomic E-state index is 11.2. The lowest BCUT2D eigenvalue weighted by Crippen LogP contribution is -2.05. The smallest absolute Gasteiger partial charge is 0.165 e. The van der Waals surface area contributed by atoms with Crippen molar-refractivity contribution in [2.75, 3.05) is 18.6 Å². The molecule has 0 aliphatic heterocycles. The summed E-state index contributed by atoms with van der Waals surface area (Å²) in [4.78, 5) is 11.2. The first-order chi connectivity index (χ1) is 6.07.